The van der Waals surface area contributed by atoms with Gasteiger partial charge in [0, 0.05) is 18.2 Å². The lowest BCUT2D eigenvalue weighted by Crippen LogP contribution is -2.22. The van der Waals surface area contributed by atoms with Crippen molar-refractivity contribution in [1.29, 1.82) is 0 Å². The van der Waals surface area contributed by atoms with Crippen LogP contribution in [0.2, 0.25) is 0 Å². The number of halogens is 3. The largest absolute Gasteiger partial charge is 0.416 e. The molecule has 0 fully saturated rings. The van der Waals surface area contributed by atoms with Gasteiger partial charge in [0.1, 0.15) is 5.76 Å². The minimum Gasteiger partial charge on any atom is -0.361 e. The van der Waals surface area contributed by atoms with Crippen LogP contribution in [0.15, 0.2) is 39.4 Å². The molecule has 6 nitrogen and oxygen atoms in total. The third-order valence-electron chi connectivity index (χ3n) is 4.00. The zero-order valence-corrected chi connectivity index (χ0v) is 14.4. The van der Waals surface area contributed by atoms with Crippen molar-refractivity contribution in [2.24, 2.45) is 0 Å². The van der Waals surface area contributed by atoms with Gasteiger partial charge >= 0.3 is 6.18 Å². The maximum absolute atomic E-state index is 12.8. The maximum Gasteiger partial charge on any atom is 0.416 e. The van der Waals surface area contributed by atoms with Gasteiger partial charge in [-0.05, 0) is 33.0 Å². The first-order valence-electron chi connectivity index (χ1n) is 7.87. The van der Waals surface area contributed by atoms with Crippen molar-refractivity contribution < 1.29 is 22.2 Å². The third kappa shape index (κ3) is 3.93. The summed E-state index contributed by atoms with van der Waals surface area (Å²) in [7, 11) is 1.85. The Morgan fingerprint density at radius 3 is 2.58 bits per heavy atom. The first-order chi connectivity index (χ1) is 12.2. The minimum absolute atomic E-state index is 0.114. The zero-order chi connectivity index (χ0) is 18.9. The lowest BCUT2D eigenvalue weighted by atomic mass is 10.1. The highest BCUT2D eigenvalue weighted by atomic mass is 19.4. The molecular weight excluding hydrogens is 349 g/mol. The Kier molecular flexibility index (Phi) is 4.82. The van der Waals surface area contributed by atoms with Gasteiger partial charge in [-0.1, -0.05) is 22.4 Å². The number of rotatable bonds is 5. The lowest BCUT2D eigenvalue weighted by molar-refractivity contribution is -0.137. The fourth-order valence-corrected chi connectivity index (χ4v) is 2.43. The number of alkyl halides is 3. The molecule has 0 saturated heterocycles. The van der Waals surface area contributed by atoms with Gasteiger partial charge in [-0.3, -0.25) is 4.90 Å². The summed E-state index contributed by atoms with van der Waals surface area (Å²) in [6.45, 7) is 4.16. The molecule has 138 valence electrons. The topological polar surface area (TPSA) is 68.2 Å². The molecule has 3 aromatic rings. The molecule has 0 aliphatic heterocycles. The predicted molar refractivity (Wildman–Crippen MR) is 85.9 cm³/mol. The quantitative estimate of drug-likeness (QED) is 0.673. The standard InChI is InChI=1S/C17H17F3N4O2/c1-10-7-14(22-25-10)9-24(3)11(2)16-21-15(23-26-16)12-5-4-6-13(8-12)17(18,19)20/h4-8,11H,9H2,1-3H3. The van der Waals surface area contributed by atoms with E-state index in [4.69, 9.17) is 9.05 Å². The van der Waals surface area contributed by atoms with E-state index < -0.39 is 11.7 Å². The predicted octanol–water partition coefficient (Wildman–Crippen LogP) is 4.24. The Labute approximate surface area is 147 Å². The fraction of sp³-hybridized carbons (Fsp3) is 0.353. The summed E-state index contributed by atoms with van der Waals surface area (Å²) >= 11 is 0. The smallest absolute Gasteiger partial charge is 0.361 e. The van der Waals surface area contributed by atoms with Gasteiger partial charge in [-0.15, -0.1) is 0 Å². The second-order valence-corrected chi connectivity index (χ2v) is 6.05. The molecule has 2 aromatic heterocycles. The van der Waals surface area contributed by atoms with Crippen molar-refractivity contribution in [1.82, 2.24) is 20.2 Å². The van der Waals surface area contributed by atoms with Gasteiger partial charge in [0.2, 0.25) is 11.7 Å². The van der Waals surface area contributed by atoms with E-state index in [2.05, 4.69) is 15.3 Å². The van der Waals surface area contributed by atoms with Crippen molar-refractivity contribution in [2.45, 2.75) is 32.6 Å². The molecule has 1 unspecified atom stereocenters. The third-order valence-corrected chi connectivity index (χ3v) is 4.00. The lowest BCUT2D eigenvalue weighted by Gasteiger charge is -2.19. The van der Waals surface area contributed by atoms with Gasteiger partial charge in [-0.25, -0.2) is 0 Å². The van der Waals surface area contributed by atoms with E-state index in [9.17, 15) is 13.2 Å². The van der Waals surface area contributed by atoms with Crippen molar-refractivity contribution in [3.05, 3.63) is 53.2 Å². The molecule has 9 heteroatoms. The average molecular weight is 366 g/mol. The van der Waals surface area contributed by atoms with Crippen LogP contribution in [-0.2, 0) is 12.7 Å². The first kappa shape index (κ1) is 18.1. The molecule has 0 radical (unpaired) electrons. The number of hydrogen-bond donors (Lipinski definition) is 0. The van der Waals surface area contributed by atoms with Crippen LogP contribution in [0.4, 0.5) is 13.2 Å². The van der Waals surface area contributed by atoms with Crippen molar-refractivity contribution >= 4 is 0 Å². The second-order valence-electron chi connectivity index (χ2n) is 6.05. The summed E-state index contributed by atoms with van der Waals surface area (Å²) in [4.78, 5) is 6.16. The number of benzene rings is 1. The Hall–Kier alpha value is -2.68. The molecule has 3 rings (SSSR count). The molecule has 2 heterocycles. The van der Waals surface area contributed by atoms with E-state index in [1.54, 1.807) is 6.92 Å². The van der Waals surface area contributed by atoms with Crippen LogP contribution in [0.1, 0.15) is 35.9 Å². The van der Waals surface area contributed by atoms with Crippen LogP contribution in [0.25, 0.3) is 11.4 Å². The van der Waals surface area contributed by atoms with Crippen LogP contribution in [0.5, 0.6) is 0 Å². The Bertz CT molecular complexity index is 888. The van der Waals surface area contributed by atoms with Gasteiger partial charge in [-0.2, -0.15) is 18.2 Å². The van der Waals surface area contributed by atoms with E-state index in [-0.39, 0.29) is 17.4 Å². The fourth-order valence-electron chi connectivity index (χ4n) is 2.43. The normalized spacial score (nSPS) is 13.3. The van der Waals surface area contributed by atoms with Crippen molar-refractivity contribution in [2.75, 3.05) is 7.05 Å². The monoisotopic (exact) mass is 366 g/mol. The summed E-state index contributed by atoms with van der Waals surface area (Å²) < 4.78 is 48.8. The number of nitrogens with zero attached hydrogens (tertiary/aromatic N) is 4. The minimum atomic E-state index is -4.42. The number of aromatic nitrogens is 3. The molecule has 0 aliphatic rings. The van der Waals surface area contributed by atoms with E-state index in [1.807, 2.05) is 24.9 Å². The van der Waals surface area contributed by atoms with Gasteiger partial charge in [0.25, 0.3) is 0 Å². The van der Waals surface area contributed by atoms with E-state index >= 15 is 0 Å². The average Bonchev–Trinajstić information content (AvgIpc) is 3.23. The van der Waals surface area contributed by atoms with Gasteiger partial charge < -0.3 is 9.05 Å². The van der Waals surface area contributed by atoms with Crippen LogP contribution < -0.4 is 0 Å². The Balaban J connectivity index is 1.76. The van der Waals surface area contributed by atoms with Crippen molar-refractivity contribution in [3.63, 3.8) is 0 Å². The summed E-state index contributed by atoms with van der Waals surface area (Å²) in [5.74, 6) is 1.13. The van der Waals surface area contributed by atoms with Crippen LogP contribution in [0.3, 0.4) is 0 Å². The molecular formula is C17H17F3N4O2. The Morgan fingerprint density at radius 1 is 1.15 bits per heavy atom. The number of aryl methyl sites for hydroxylation is 1. The molecule has 26 heavy (non-hydrogen) atoms. The molecule has 1 aromatic carbocycles. The molecule has 1 atom stereocenters. The molecule has 0 aliphatic carbocycles. The summed E-state index contributed by atoms with van der Waals surface area (Å²) in [6, 6.07) is 6.40. The molecule has 0 saturated carbocycles. The summed E-state index contributed by atoms with van der Waals surface area (Å²) in [6.07, 6.45) is -4.42. The maximum atomic E-state index is 12.8. The summed E-state index contributed by atoms with van der Waals surface area (Å²) in [5, 5.41) is 7.74. The molecule has 0 bridgehead atoms. The van der Waals surface area contributed by atoms with Crippen LogP contribution in [0, 0.1) is 6.92 Å². The van der Waals surface area contributed by atoms with Crippen molar-refractivity contribution in [3.8, 4) is 11.4 Å². The van der Waals surface area contributed by atoms with Gasteiger partial charge in [0.15, 0.2) is 0 Å². The van der Waals surface area contributed by atoms with Gasteiger partial charge in [0.05, 0.1) is 17.3 Å². The number of hydrogen-bond acceptors (Lipinski definition) is 6. The van der Waals surface area contributed by atoms with Crippen LogP contribution >= 0.6 is 0 Å². The second kappa shape index (κ2) is 6.91. The van der Waals surface area contributed by atoms with E-state index in [1.165, 1.54) is 12.1 Å². The molecule has 0 amide bonds. The zero-order valence-electron chi connectivity index (χ0n) is 14.4. The van der Waals surface area contributed by atoms with E-state index in [0.717, 1.165) is 17.8 Å². The highest BCUT2D eigenvalue weighted by Gasteiger charge is 2.31. The SMILES string of the molecule is Cc1cc(CN(C)C(C)c2nc(-c3cccc(C(F)(F)F)c3)no2)no1. The molecule has 0 N–H and O–H groups in total. The summed E-state index contributed by atoms with van der Waals surface area (Å²) in [5.41, 5.74) is 0.249. The van der Waals surface area contributed by atoms with E-state index in [0.29, 0.717) is 18.2 Å². The highest BCUT2D eigenvalue weighted by Crippen LogP contribution is 2.32. The first-order valence-corrected chi connectivity index (χ1v) is 7.87. The highest BCUT2D eigenvalue weighted by molar-refractivity contribution is 5.55. The Morgan fingerprint density at radius 2 is 1.92 bits per heavy atom. The molecule has 0 spiro atoms. The van der Waals surface area contributed by atoms with Crippen LogP contribution in [-0.4, -0.2) is 27.2 Å².